The number of hydrogen-bond acceptors (Lipinski definition) is 3. The molecule has 0 saturated heterocycles. The monoisotopic (exact) mass is 355 g/mol. The molecule has 0 aliphatic heterocycles. The van der Waals surface area contributed by atoms with Crippen LogP contribution in [0.15, 0.2) is 22.7 Å². The van der Waals surface area contributed by atoms with Crippen LogP contribution in [0, 0.1) is 0 Å². The molecule has 2 N–H and O–H groups in total. The van der Waals surface area contributed by atoms with E-state index in [4.69, 9.17) is 5.11 Å². The van der Waals surface area contributed by atoms with Crippen molar-refractivity contribution in [2.45, 2.75) is 6.18 Å². The first kappa shape index (κ1) is 16.4. The van der Waals surface area contributed by atoms with E-state index in [9.17, 15) is 22.8 Å². The summed E-state index contributed by atoms with van der Waals surface area (Å²) in [7, 11) is 0. The van der Waals surface area contributed by atoms with Gasteiger partial charge < -0.3 is 15.2 Å². The van der Waals surface area contributed by atoms with Crippen LogP contribution in [0.3, 0.4) is 0 Å². The highest BCUT2D eigenvalue weighted by Gasteiger charge is 2.34. The lowest BCUT2D eigenvalue weighted by Gasteiger charge is -2.14. The molecule has 0 aromatic heterocycles. The first-order chi connectivity index (χ1) is 9.20. The number of carboxylic acid groups (broad SMARTS) is 1. The van der Waals surface area contributed by atoms with Crippen molar-refractivity contribution < 1.29 is 32.6 Å². The summed E-state index contributed by atoms with van der Waals surface area (Å²) in [5.41, 5.74) is -1.44. The van der Waals surface area contributed by atoms with Crippen LogP contribution in [0.4, 0.5) is 18.9 Å². The number of nitrogens with one attached hydrogen (secondary N) is 1. The molecule has 20 heavy (non-hydrogen) atoms. The second kappa shape index (κ2) is 6.71. The molecule has 0 aliphatic rings. The number of benzene rings is 1. The highest BCUT2D eigenvalue weighted by Crippen LogP contribution is 2.36. The Hall–Kier alpha value is -1.61. The summed E-state index contributed by atoms with van der Waals surface area (Å²) in [5.74, 6) is -2.16. The molecular weight excluding hydrogens is 347 g/mol. The van der Waals surface area contributed by atoms with E-state index in [1.165, 1.54) is 6.07 Å². The molecular formula is C11H9BrF3NO4. The second-order valence-corrected chi connectivity index (χ2v) is 4.54. The van der Waals surface area contributed by atoms with Gasteiger partial charge in [-0.05, 0) is 18.2 Å². The summed E-state index contributed by atoms with van der Waals surface area (Å²) in [4.78, 5) is 21.5. The Labute approximate surface area is 119 Å². The first-order valence-electron chi connectivity index (χ1n) is 5.16. The van der Waals surface area contributed by atoms with Crippen molar-refractivity contribution in [3.05, 3.63) is 28.2 Å². The Bertz CT molecular complexity index is 519. The van der Waals surface area contributed by atoms with E-state index in [-0.39, 0.29) is 4.47 Å². The zero-order valence-corrected chi connectivity index (χ0v) is 11.4. The van der Waals surface area contributed by atoms with Gasteiger partial charge in [0.25, 0.3) is 0 Å². The summed E-state index contributed by atoms with van der Waals surface area (Å²) in [6.45, 7) is -1.36. The average molecular weight is 356 g/mol. The third kappa shape index (κ3) is 5.17. The fourth-order valence-corrected chi connectivity index (χ4v) is 1.64. The van der Waals surface area contributed by atoms with Crippen molar-refractivity contribution in [3.8, 4) is 0 Å². The molecule has 0 spiro atoms. The molecule has 0 heterocycles. The third-order valence-electron chi connectivity index (χ3n) is 2.02. The fourth-order valence-electron chi connectivity index (χ4n) is 1.28. The van der Waals surface area contributed by atoms with Crippen molar-refractivity contribution in [2.75, 3.05) is 18.5 Å². The van der Waals surface area contributed by atoms with Crippen molar-refractivity contribution in [1.82, 2.24) is 0 Å². The molecule has 1 rings (SSSR count). The Morgan fingerprint density at radius 2 is 1.95 bits per heavy atom. The molecule has 0 atom stereocenters. The van der Waals surface area contributed by atoms with Crippen molar-refractivity contribution in [1.29, 1.82) is 0 Å². The number of carbonyl (C=O) groups is 2. The van der Waals surface area contributed by atoms with Crippen LogP contribution in [0.1, 0.15) is 5.56 Å². The van der Waals surface area contributed by atoms with E-state index >= 15 is 0 Å². The van der Waals surface area contributed by atoms with E-state index in [0.29, 0.717) is 0 Å². The van der Waals surface area contributed by atoms with Gasteiger partial charge in [-0.1, -0.05) is 15.9 Å². The van der Waals surface area contributed by atoms with E-state index in [2.05, 4.69) is 20.7 Å². The minimum absolute atomic E-state index is 0.213. The maximum absolute atomic E-state index is 12.8. The molecule has 0 saturated carbocycles. The lowest BCUT2D eigenvalue weighted by Crippen LogP contribution is -2.22. The smallest absolute Gasteiger partial charge is 0.418 e. The summed E-state index contributed by atoms with van der Waals surface area (Å²) >= 11 is 2.91. The van der Waals surface area contributed by atoms with Gasteiger partial charge in [-0.2, -0.15) is 13.2 Å². The van der Waals surface area contributed by atoms with Crippen LogP contribution in [0.2, 0.25) is 0 Å². The van der Waals surface area contributed by atoms with E-state index in [0.717, 1.165) is 12.1 Å². The summed E-state index contributed by atoms with van der Waals surface area (Å²) in [5, 5.41) is 10.3. The standard InChI is InChI=1S/C11H9BrF3NO4/c12-6-1-2-8(7(3-6)11(13,14)15)16-9(17)4-20-5-10(18)19/h1-3H,4-5H2,(H,16,17)(H,18,19). The number of aliphatic carboxylic acids is 1. The SMILES string of the molecule is O=C(O)COCC(=O)Nc1ccc(Br)cc1C(F)(F)F. The Morgan fingerprint density at radius 3 is 2.50 bits per heavy atom. The number of amides is 1. The quantitative estimate of drug-likeness (QED) is 0.850. The second-order valence-electron chi connectivity index (χ2n) is 3.62. The highest BCUT2D eigenvalue weighted by atomic mass is 79.9. The van der Waals surface area contributed by atoms with Gasteiger partial charge in [0.15, 0.2) is 0 Å². The minimum atomic E-state index is -4.63. The Morgan fingerprint density at radius 1 is 1.30 bits per heavy atom. The maximum atomic E-state index is 12.8. The zero-order chi connectivity index (χ0) is 15.3. The molecule has 1 aromatic carbocycles. The zero-order valence-electron chi connectivity index (χ0n) is 9.83. The molecule has 5 nitrogen and oxygen atoms in total. The van der Waals surface area contributed by atoms with Crippen LogP contribution in [-0.4, -0.2) is 30.2 Å². The molecule has 0 fully saturated rings. The van der Waals surface area contributed by atoms with Crippen LogP contribution < -0.4 is 5.32 Å². The molecule has 1 aromatic rings. The Kier molecular flexibility index (Phi) is 5.52. The van der Waals surface area contributed by atoms with Gasteiger partial charge in [0.2, 0.25) is 5.91 Å². The molecule has 9 heteroatoms. The third-order valence-corrected chi connectivity index (χ3v) is 2.51. The van der Waals surface area contributed by atoms with Gasteiger partial charge >= 0.3 is 12.1 Å². The number of rotatable bonds is 5. The largest absolute Gasteiger partial charge is 0.480 e. The van der Waals surface area contributed by atoms with Gasteiger partial charge in [-0.25, -0.2) is 4.79 Å². The van der Waals surface area contributed by atoms with Gasteiger partial charge in [0, 0.05) is 4.47 Å². The Balaban J connectivity index is 2.77. The summed E-state index contributed by atoms with van der Waals surface area (Å²) < 4.78 is 43.0. The average Bonchev–Trinajstić information content (AvgIpc) is 2.29. The van der Waals surface area contributed by atoms with Crippen molar-refractivity contribution >= 4 is 33.5 Å². The summed E-state index contributed by atoms with van der Waals surface area (Å²) in [6.07, 6.45) is -4.63. The van der Waals surface area contributed by atoms with Gasteiger partial charge in [0.1, 0.15) is 13.2 Å². The maximum Gasteiger partial charge on any atom is 0.418 e. The molecule has 0 radical (unpaired) electrons. The minimum Gasteiger partial charge on any atom is -0.480 e. The molecule has 0 unspecified atom stereocenters. The number of hydrogen-bond donors (Lipinski definition) is 2. The van der Waals surface area contributed by atoms with Gasteiger partial charge in [-0.3, -0.25) is 4.79 Å². The lowest BCUT2D eigenvalue weighted by atomic mass is 10.1. The van der Waals surface area contributed by atoms with E-state index in [1.54, 1.807) is 0 Å². The molecule has 110 valence electrons. The van der Waals surface area contributed by atoms with Crippen LogP contribution in [-0.2, 0) is 20.5 Å². The normalized spacial score (nSPS) is 11.2. The molecule has 1 amide bonds. The number of carbonyl (C=O) groups excluding carboxylic acids is 1. The van der Waals surface area contributed by atoms with Crippen LogP contribution in [0.25, 0.3) is 0 Å². The van der Waals surface area contributed by atoms with Crippen molar-refractivity contribution in [3.63, 3.8) is 0 Å². The van der Waals surface area contributed by atoms with Crippen LogP contribution >= 0.6 is 15.9 Å². The predicted octanol–water partition coefficient (Wildman–Crippen LogP) is 2.51. The van der Waals surface area contributed by atoms with Crippen LogP contribution in [0.5, 0.6) is 0 Å². The fraction of sp³-hybridized carbons (Fsp3) is 0.273. The number of alkyl halides is 3. The lowest BCUT2D eigenvalue weighted by molar-refractivity contribution is -0.143. The van der Waals surface area contributed by atoms with Gasteiger partial charge in [-0.15, -0.1) is 0 Å². The van der Waals surface area contributed by atoms with E-state index in [1.807, 2.05) is 5.32 Å². The van der Waals surface area contributed by atoms with E-state index < -0.39 is 42.5 Å². The molecule has 0 aliphatic carbocycles. The number of ether oxygens (including phenoxy) is 1. The number of carboxylic acids is 1. The topological polar surface area (TPSA) is 75.6 Å². The van der Waals surface area contributed by atoms with Gasteiger partial charge in [0.05, 0.1) is 11.3 Å². The number of halogens is 4. The predicted molar refractivity (Wildman–Crippen MR) is 66.2 cm³/mol. The first-order valence-corrected chi connectivity index (χ1v) is 5.95. The summed E-state index contributed by atoms with van der Waals surface area (Å²) in [6, 6.07) is 3.25. The molecule has 0 bridgehead atoms. The highest BCUT2D eigenvalue weighted by molar-refractivity contribution is 9.10. The van der Waals surface area contributed by atoms with Crippen molar-refractivity contribution in [2.24, 2.45) is 0 Å². The number of anilines is 1.